The molecule has 90 valence electrons. The summed E-state index contributed by atoms with van der Waals surface area (Å²) in [5.41, 5.74) is 1.11. The second-order valence-electron chi connectivity index (χ2n) is 3.24. The van der Waals surface area contributed by atoms with Crippen molar-refractivity contribution in [3.63, 3.8) is 0 Å². The number of carbonyl (C=O) groups is 1. The summed E-state index contributed by atoms with van der Waals surface area (Å²) in [5, 5.41) is 2.92. The molecular weight excluding hydrogens is 224 g/mol. The third kappa shape index (κ3) is 2.87. The number of hydrogen-bond donors (Lipinski definition) is 1. The number of carbonyl (C=O) groups excluding carboxylic acids is 1. The fourth-order valence-electron chi connectivity index (χ4n) is 1.22. The maximum absolute atomic E-state index is 11.3. The van der Waals surface area contributed by atoms with Crippen LogP contribution in [0.5, 0.6) is 0 Å². The van der Waals surface area contributed by atoms with Crippen LogP contribution in [-0.4, -0.2) is 17.6 Å². The van der Waals surface area contributed by atoms with Gasteiger partial charge in [-0.05, 0) is 13.0 Å². The number of nitrogens with one attached hydrogen (secondary N) is 1. The molecule has 0 aromatic carbocycles. The van der Waals surface area contributed by atoms with E-state index in [-0.39, 0.29) is 11.7 Å². The second-order valence-corrected chi connectivity index (χ2v) is 3.24. The van der Waals surface area contributed by atoms with Crippen LogP contribution in [0.15, 0.2) is 33.7 Å². The SMILES string of the molecule is CCOC(=O)c1coc(NCc2ccoc2)n1. The van der Waals surface area contributed by atoms with Gasteiger partial charge in [0.25, 0.3) is 6.01 Å². The standard InChI is InChI=1S/C11H12N2O4/c1-2-16-10(14)9-7-17-11(13-9)12-5-8-3-4-15-6-8/h3-4,6-7H,2,5H2,1H3,(H,12,13). The van der Waals surface area contributed by atoms with Gasteiger partial charge >= 0.3 is 5.97 Å². The van der Waals surface area contributed by atoms with E-state index in [1.807, 2.05) is 6.07 Å². The number of aromatic nitrogens is 1. The van der Waals surface area contributed by atoms with Gasteiger partial charge < -0.3 is 18.9 Å². The lowest BCUT2D eigenvalue weighted by molar-refractivity contribution is 0.0519. The van der Waals surface area contributed by atoms with Crippen LogP contribution in [0.3, 0.4) is 0 Å². The van der Waals surface area contributed by atoms with Gasteiger partial charge in [0.05, 0.1) is 19.1 Å². The number of ether oxygens (including phenoxy) is 1. The molecule has 0 unspecified atom stereocenters. The van der Waals surface area contributed by atoms with Crippen molar-refractivity contribution in [3.8, 4) is 0 Å². The summed E-state index contributed by atoms with van der Waals surface area (Å²) >= 11 is 0. The molecule has 0 aliphatic heterocycles. The van der Waals surface area contributed by atoms with Crippen LogP contribution in [-0.2, 0) is 11.3 Å². The van der Waals surface area contributed by atoms with Crippen LogP contribution >= 0.6 is 0 Å². The predicted molar refractivity (Wildman–Crippen MR) is 58.5 cm³/mol. The number of oxazole rings is 1. The summed E-state index contributed by atoms with van der Waals surface area (Å²) < 4.78 is 14.8. The molecule has 0 aliphatic rings. The van der Waals surface area contributed by atoms with E-state index in [9.17, 15) is 4.79 Å². The van der Waals surface area contributed by atoms with Crippen LogP contribution in [0.1, 0.15) is 23.0 Å². The summed E-state index contributed by atoms with van der Waals surface area (Å²) in [4.78, 5) is 15.2. The van der Waals surface area contributed by atoms with E-state index in [4.69, 9.17) is 13.6 Å². The van der Waals surface area contributed by atoms with Crippen molar-refractivity contribution in [2.75, 3.05) is 11.9 Å². The molecule has 2 aromatic heterocycles. The second kappa shape index (κ2) is 5.20. The quantitative estimate of drug-likeness (QED) is 0.800. The molecule has 0 bridgehead atoms. The van der Waals surface area contributed by atoms with Crippen LogP contribution in [0.2, 0.25) is 0 Å². The molecule has 0 fully saturated rings. The summed E-state index contributed by atoms with van der Waals surface area (Å²) in [7, 11) is 0. The van der Waals surface area contributed by atoms with Gasteiger partial charge in [-0.2, -0.15) is 4.98 Å². The van der Waals surface area contributed by atoms with E-state index in [0.717, 1.165) is 5.56 Å². The van der Waals surface area contributed by atoms with E-state index < -0.39 is 5.97 Å². The number of rotatable bonds is 5. The monoisotopic (exact) mass is 236 g/mol. The lowest BCUT2D eigenvalue weighted by Crippen LogP contribution is -2.05. The molecule has 0 aliphatic carbocycles. The lowest BCUT2D eigenvalue weighted by atomic mass is 10.3. The Labute approximate surface area is 97.6 Å². The molecule has 0 radical (unpaired) electrons. The molecule has 1 N–H and O–H groups in total. The third-order valence-corrected chi connectivity index (χ3v) is 2.01. The first-order valence-corrected chi connectivity index (χ1v) is 5.17. The molecular formula is C11H12N2O4. The van der Waals surface area contributed by atoms with E-state index >= 15 is 0 Å². The topological polar surface area (TPSA) is 77.5 Å². The van der Waals surface area contributed by atoms with Crippen molar-refractivity contribution in [1.29, 1.82) is 0 Å². The van der Waals surface area contributed by atoms with Crippen LogP contribution in [0.4, 0.5) is 6.01 Å². The third-order valence-electron chi connectivity index (χ3n) is 2.01. The average Bonchev–Trinajstić information content (AvgIpc) is 2.98. The summed E-state index contributed by atoms with van der Waals surface area (Å²) in [6, 6.07) is 2.09. The van der Waals surface area contributed by atoms with Crippen LogP contribution in [0.25, 0.3) is 0 Å². The molecule has 17 heavy (non-hydrogen) atoms. The Balaban J connectivity index is 1.92. The molecule has 2 rings (SSSR count). The highest BCUT2D eigenvalue weighted by atomic mass is 16.5. The molecule has 0 spiro atoms. The number of hydrogen-bond acceptors (Lipinski definition) is 6. The molecule has 6 nitrogen and oxygen atoms in total. The molecule has 2 heterocycles. The minimum atomic E-state index is -0.493. The Bertz CT molecular complexity index is 475. The van der Waals surface area contributed by atoms with Crippen LogP contribution in [0, 0.1) is 0 Å². The van der Waals surface area contributed by atoms with Gasteiger partial charge in [0.2, 0.25) is 0 Å². The fraction of sp³-hybridized carbons (Fsp3) is 0.273. The highest BCUT2D eigenvalue weighted by molar-refractivity contribution is 5.87. The maximum Gasteiger partial charge on any atom is 0.360 e. The van der Waals surface area contributed by atoms with Crippen molar-refractivity contribution in [1.82, 2.24) is 4.98 Å². The molecule has 0 amide bonds. The highest BCUT2D eigenvalue weighted by Crippen LogP contribution is 2.10. The number of nitrogens with zero attached hydrogens (tertiary/aromatic N) is 1. The normalized spacial score (nSPS) is 10.2. The first kappa shape index (κ1) is 11.3. The van der Waals surface area contributed by atoms with Gasteiger partial charge in [-0.3, -0.25) is 0 Å². The molecule has 0 saturated heterocycles. The van der Waals surface area contributed by atoms with Crippen molar-refractivity contribution >= 4 is 12.0 Å². The van der Waals surface area contributed by atoms with Crippen molar-refractivity contribution in [2.45, 2.75) is 13.5 Å². The minimum Gasteiger partial charge on any atom is -0.472 e. The van der Waals surface area contributed by atoms with Gasteiger partial charge in [-0.25, -0.2) is 4.79 Å². The Morgan fingerprint density at radius 2 is 2.41 bits per heavy atom. The number of anilines is 1. The number of furan rings is 1. The zero-order chi connectivity index (χ0) is 12.1. The van der Waals surface area contributed by atoms with E-state index in [2.05, 4.69) is 10.3 Å². The zero-order valence-electron chi connectivity index (χ0n) is 9.30. The van der Waals surface area contributed by atoms with E-state index in [0.29, 0.717) is 13.2 Å². The summed E-state index contributed by atoms with van der Waals surface area (Å²) in [6.45, 7) is 2.55. The van der Waals surface area contributed by atoms with Gasteiger partial charge in [0.1, 0.15) is 6.26 Å². The Morgan fingerprint density at radius 3 is 3.12 bits per heavy atom. The Hall–Kier alpha value is -2.24. The van der Waals surface area contributed by atoms with Gasteiger partial charge in [0, 0.05) is 12.1 Å². The van der Waals surface area contributed by atoms with Crippen molar-refractivity contribution < 1.29 is 18.4 Å². The number of esters is 1. The maximum atomic E-state index is 11.3. The Kier molecular flexibility index (Phi) is 3.44. The molecule has 0 atom stereocenters. The smallest absolute Gasteiger partial charge is 0.360 e. The van der Waals surface area contributed by atoms with Gasteiger partial charge in [-0.1, -0.05) is 0 Å². The highest BCUT2D eigenvalue weighted by Gasteiger charge is 2.12. The molecule has 0 saturated carbocycles. The van der Waals surface area contributed by atoms with E-state index in [1.54, 1.807) is 19.5 Å². The van der Waals surface area contributed by atoms with Crippen LogP contribution < -0.4 is 5.32 Å². The largest absolute Gasteiger partial charge is 0.472 e. The minimum absolute atomic E-state index is 0.154. The zero-order valence-corrected chi connectivity index (χ0v) is 9.30. The molecule has 2 aromatic rings. The van der Waals surface area contributed by atoms with Gasteiger partial charge in [-0.15, -0.1) is 0 Å². The fourth-order valence-corrected chi connectivity index (χ4v) is 1.22. The van der Waals surface area contributed by atoms with E-state index in [1.165, 1.54) is 6.26 Å². The predicted octanol–water partition coefficient (Wildman–Crippen LogP) is 2.06. The van der Waals surface area contributed by atoms with Crippen molar-refractivity contribution in [3.05, 3.63) is 36.1 Å². The lowest BCUT2D eigenvalue weighted by Gasteiger charge is -1.97. The average molecular weight is 236 g/mol. The summed E-state index contributed by atoms with van der Waals surface area (Å²) in [5.74, 6) is -0.493. The first-order valence-electron chi connectivity index (χ1n) is 5.17. The summed E-state index contributed by atoms with van der Waals surface area (Å²) in [6.07, 6.45) is 4.45. The van der Waals surface area contributed by atoms with Gasteiger partial charge in [0.15, 0.2) is 5.69 Å². The first-order chi connectivity index (χ1) is 8.29. The van der Waals surface area contributed by atoms with Crippen molar-refractivity contribution in [2.24, 2.45) is 0 Å². The Morgan fingerprint density at radius 1 is 1.53 bits per heavy atom. The molecule has 6 heteroatoms.